The Kier molecular flexibility index (Phi) is 4.63. The van der Waals surface area contributed by atoms with E-state index in [1.54, 1.807) is 24.4 Å². The van der Waals surface area contributed by atoms with E-state index in [2.05, 4.69) is 4.98 Å². The second-order valence-corrected chi connectivity index (χ2v) is 4.29. The van der Waals surface area contributed by atoms with Gasteiger partial charge in [-0.2, -0.15) is 0 Å². The van der Waals surface area contributed by atoms with Gasteiger partial charge in [-0.1, -0.05) is 17.7 Å². The standard InChI is InChI=1S/C14H9ClN2O4/c15-12-9-11(5-6-13(12)17(19)20)21-14(18)7-4-10-3-1-2-8-16-10/h1-9H/b7-4+. The van der Waals surface area contributed by atoms with Crippen molar-refractivity contribution in [3.63, 3.8) is 0 Å². The molecule has 0 saturated carbocycles. The highest BCUT2D eigenvalue weighted by atomic mass is 35.5. The van der Waals surface area contributed by atoms with Crippen molar-refractivity contribution in [1.29, 1.82) is 0 Å². The fraction of sp³-hybridized carbons (Fsp3) is 0. The van der Waals surface area contributed by atoms with Gasteiger partial charge >= 0.3 is 5.97 Å². The van der Waals surface area contributed by atoms with Crippen LogP contribution in [0, 0.1) is 10.1 Å². The van der Waals surface area contributed by atoms with E-state index >= 15 is 0 Å². The topological polar surface area (TPSA) is 82.3 Å². The molecule has 0 aliphatic carbocycles. The zero-order valence-corrected chi connectivity index (χ0v) is 11.4. The van der Waals surface area contributed by atoms with Crippen LogP contribution in [0.25, 0.3) is 6.08 Å². The zero-order chi connectivity index (χ0) is 15.2. The van der Waals surface area contributed by atoms with Crippen LogP contribution in [-0.2, 0) is 4.79 Å². The van der Waals surface area contributed by atoms with Crippen molar-refractivity contribution in [2.24, 2.45) is 0 Å². The summed E-state index contributed by atoms with van der Waals surface area (Å²) in [7, 11) is 0. The third kappa shape index (κ3) is 4.12. The lowest BCUT2D eigenvalue weighted by Crippen LogP contribution is -2.04. The third-order valence-corrected chi connectivity index (χ3v) is 2.71. The Morgan fingerprint density at radius 2 is 2.14 bits per heavy atom. The first-order valence-electron chi connectivity index (χ1n) is 5.81. The lowest BCUT2D eigenvalue weighted by molar-refractivity contribution is -0.384. The van der Waals surface area contributed by atoms with Gasteiger partial charge in [0.1, 0.15) is 10.8 Å². The van der Waals surface area contributed by atoms with Crippen LogP contribution >= 0.6 is 11.6 Å². The van der Waals surface area contributed by atoms with E-state index < -0.39 is 10.9 Å². The van der Waals surface area contributed by atoms with Crippen molar-refractivity contribution in [1.82, 2.24) is 4.98 Å². The first-order valence-corrected chi connectivity index (χ1v) is 6.19. The lowest BCUT2D eigenvalue weighted by atomic mass is 10.3. The van der Waals surface area contributed by atoms with Gasteiger partial charge in [0.2, 0.25) is 0 Å². The molecule has 0 aliphatic heterocycles. The van der Waals surface area contributed by atoms with Crippen LogP contribution in [0.1, 0.15) is 5.69 Å². The van der Waals surface area contributed by atoms with Gasteiger partial charge < -0.3 is 4.74 Å². The molecule has 1 aromatic carbocycles. The molecule has 0 fully saturated rings. The number of nitro groups is 1. The zero-order valence-electron chi connectivity index (χ0n) is 10.6. The van der Waals surface area contributed by atoms with Crippen molar-refractivity contribution in [2.75, 3.05) is 0 Å². The van der Waals surface area contributed by atoms with E-state index in [1.165, 1.54) is 30.4 Å². The molecule has 2 aromatic rings. The van der Waals surface area contributed by atoms with E-state index in [4.69, 9.17) is 16.3 Å². The number of pyridine rings is 1. The number of benzene rings is 1. The van der Waals surface area contributed by atoms with E-state index in [-0.39, 0.29) is 16.5 Å². The summed E-state index contributed by atoms with van der Waals surface area (Å²) in [6.07, 6.45) is 4.30. The molecule has 0 saturated heterocycles. The summed E-state index contributed by atoms with van der Waals surface area (Å²) in [6, 6.07) is 8.96. The number of halogens is 1. The van der Waals surface area contributed by atoms with Crippen LogP contribution in [0.5, 0.6) is 5.75 Å². The monoisotopic (exact) mass is 304 g/mol. The molecular weight excluding hydrogens is 296 g/mol. The van der Waals surface area contributed by atoms with E-state index in [1.807, 2.05) is 0 Å². The minimum absolute atomic E-state index is 0.0981. The number of esters is 1. The predicted octanol–water partition coefficient (Wildman–Crippen LogP) is 3.26. The fourth-order valence-corrected chi connectivity index (χ4v) is 1.72. The Morgan fingerprint density at radius 1 is 1.33 bits per heavy atom. The summed E-state index contributed by atoms with van der Waals surface area (Å²) in [6.45, 7) is 0. The number of rotatable bonds is 4. The quantitative estimate of drug-likeness (QED) is 0.285. The molecule has 0 aliphatic rings. The SMILES string of the molecule is O=C(/C=C/c1ccccn1)Oc1ccc([N+](=O)[O-])c(Cl)c1. The molecule has 0 radical (unpaired) electrons. The van der Waals surface area contributed by atoms with Gasteiger partial charge in [0.15, 0.2) is 0 Å². The average Bonchev–Trinajstić information content (AvgIpc) is 2.46. The van der Waals surface area contributed by atoms with Crippen molar-refractivity contribution >= 4 is 29.3 Å². The normalized spacial score (nSPS) is 10.5. The van der Waals surface area contributed by atoms with Gasteiger partial charge in [-0.05, 0) is 24.3 Å². The van der Waals surface area contributed by atoms with E-state index in [9.17, 15) is 14.9 Å². The van der Waals surface area contributed by atoms with Crippen molar-refractivity contribution in [3.8, 4) is 5.75 Å². The first-order chi connectivity index (χ1) is 10.1. The van der Waals surface area contributed by atoms with Gasteiger partial charge in [0, 0.05) is 24.4 Å². The summed E-state index contributed by atoms with van der Waals surface area (Å²) in [5, 5.41) is 10.5. The molecule has 0 bridgehead atoms. The maximum absolute atomic E-state index is 11.6. The van der Waals surface area contributed by atoms with E-state index in [0.717, 1.165) is 0 Å². The fourth-order valence-electron chi connectivity index (χ4n) is 1.48. The number of carbonyl (C=O) groups is 1. The Morgan fingerprint density at radius 3 is 2.76 bits per heavy atom. The lowest BCUT2D eigenvalue weighted by Gasteiger charge is -2.02. The van der Waals surface area contributed by atoms with Crippen molar-refractivity contribution in [2.45, 2.75) is 0 Å². The van der Waals surface area contributed by atoms with Crippen LogP contribution in [-0.4, -0.2) is 15.9 Å². The molecule has 0 unspecified atom stereocenters. The Hall–Kier alpha value is -2.73. The van der Waals surface area contributed by atoms with Crippen molar-refractivity contribution in [3.05, 3.63) is 69.5 Å². The summed E-state index contributed by atoms with van der Waals surface area (Å²) < 4.78 is 4.99. The average molecular weight is 305 g/mol. The van der Waals surface area contributed by atoms with Gasteiger partial charge in [0.25, 0.3) is 5.69 Å². The number of nitrogens with zero attached hydrogens (tertiary/aromatic N) is 2. The maximum atomic E-state index is 11.6. The number of nitro benzene ring substituents is 1. The summed E-state index contributed by atoms with van der Waals surface area (Å²) in [5.74, 6) is -0.508. The molecule has 1 aromatic heterocycles. The largest absolute Gasteiger partial charge is 0.423 e. The number of aromatic nitrogens is 1. The molecule has 21 heavy (non-hydrogen) atoms. The highest BCUT2D eigenvalue weighted by Gasteiger charge is 2.13. The van der Waals surface area contributed by atoms with Crippen LogP contribution in [0.4, 0.5) is 5.69 Å². The number of hydrogen-bond donors (Lipinski definition) is 0. The minimum Gasteiger partial charge on any atom is -0.423 e. The molecule has 106 valence electrons. The highest BCUT2D eigenvalue weighted by molar-refractivity contribution is 6.32. The molecule has 6 nitrogen and oxygen atoms in total. The maximum Gasteiger partial charge on any atom is 0.336 e. The Bertz CT molecular complexity index is 701. The van der Waals surface area contributed by atoms with Gasteiger partial charge in [-0.25, -0.2) is 4.79 Å². The Balaban J connectivity index is 2.05. The van der Waals surface area contributed by atoms with Crippen molar-refractivity contribution < 1.29 is 14.5 Å². The van der Waals surface area contributed by atoms with Gasteiger partial charge in [-0.15, -0.1) is 0 Å². The summed E-state index contributed by atoms with van der Waals surface area (Å²) in [4.78, 5) is 25.6. The highest BCUT2D eigenvalue weighted by Crippen LogP contribution is 2.28. The molecule has 0 amide bonds. The summed E-state index contributed by atoms with van der Waals surface area (Å²) in [5.41, 5.74) is 0.358. The van der Waals surface area contributed by atoms with Crippen LogP contribution in [0.2, 0.25) is 5.02 Å². The number of hydrogen-bond acceptors (Lipinski definition) is 5. The second-order valence-electron chi connectivity index (χ2n) is 3.88. The van der Waals surface area contributed by atoms with Crippen LogP contribution < -0.4 is 4.74 Å². The number of carbonyl (C=O) groups excluding carboxylic acids is 1. The van der Waals surface area contributed by atoms with Gasteiger partial charge in [0.05, 0.1) is 10.6 Å². The molecule has 0 atom stereocenters. The van der Waals surface area contributed by atoms with E-state index in [0.29, 0.717) is 5.69 Å². The first kappa shape index (κ1) is 14.7. The molecular formula is C14H9ClN2O4. The number of ether oxygens (including phenoxy) is 1. The molecule has 0 N–H and O–H groups in total. The van der Waals surface area contributed by atoms with Gasteiger partial charge in [-0.3, -0.25) is 15.1 Å². The molecule has 0 spiro atoms. The third-order valence-electron chi connectivity index (χ3n) is 2.41. The minimum atomic E-state index is -0.634. The molecule has 1 heterocycles. The smallest absolute Gasteiger partial charge is 0.336 e. The van der Waals surface area contributed by atoms with Crippen LogP contribution in [0.3, 0.4) is 0 Å². The van der Waals surface area contributed by atoms with Crippen LogP contribution in [0.15, 0.2) is 48.7 Å². The molecule has 7 heteroatoms. The predicted molar refractivity (Wildman–Crippen MR) is 77.0 cm³/mol. The second kappa shape index (κ2) is 6.62. The Labute approximate surface area is 124 Å². The summed E-state index contributed by atoms with van der Waals surface area (Å²) >= 11 is 5.72. The molecule has 2 rings (SSSR count).